The van der Waals surface area contributed by atoms with E-state index in [9.17, 15) is 12.8 Å². The van der Waals surface area contributed by atoms with Crippen LogP contribution in [0.1, 0.15) is 31.2 Å². The summed E-state index contributed by atoms with van der Waals surface area (Å²) in [7, 11) is -3.60. The highest BCUT2D eigenvalue weighted by Gasteiger charge is 2.26. The summed E-state index contributed by atoms with van der Waals surface area (Å²) in [5, 5.41) is 0. The van der Waals surface area contributed by atoms with E-state index in [1.165, 1.54) is 24.6 Å². The van der Waals surface area contributed by atoms with Gasteiger partial charge in [0, 0.05) is 6.54 Å². The van der Waals surface area contributed by atoms with Gasteiger partial charge in [-0.05, 0) is 61.9 Å². The first-order valence-electron chi connectivity index (χ1n) is 7.40. The molecule has 0 heterocycles. The second-order valence-electron chi connectivity index (χ2n) is 5.80. The van der Waals surface area contributed by atoms with E-state index in [0.29, 0.717) is 30.5 Å². The minimum absolute atomic E-state index is 0.143. The summed E-state index contributed by atoms with van der Waals surface area (Å²) in [5.41, 5.74) is 6.18. The summed E-state index contributed by atoms with van der Waals surface area (Å²) < 4.78 is 40.4. The molecule has 1 saturated carbocycles. The highest BCUT2D eigenvalue weighted by atomic mass is 32.2. The van der Waals surface area contributed by atoms with Gasteiger partial charge in [-0.15, -0.1) is 0 Å². The van der Waals surface area contributed by atoms with Crippen LogP contribution in [0.4, 0.5) is 4.39 Å². The molecule has 2 unspecified atom stereocenters. The van der Waals surface area contributed by atoms with Crippen molar-refractivity contribution in [3.8, 4) is 0 Å². The van der Waals surface area contributed by atoms with Crippen molar-refractivity contribution in [1.29, 1.82) is 0 Å². The zero-order valence-corrected chi connectivity index (χ0v) is 13.1. The number of rotatable bonds is 5. The van der Waals surface area contributed by atoms with Gasteiger partial charge in [-0.2, -0.15) is 0 Å². The number of sulfonamides is 1. The van der Waals surface area contributed by atoms with E-state index in [0.717, 1.165) is 19.3 Å². The van der Waals surface area contributed by atoms with Crippen LogP contribution in [-0.4, -0.2) is 21.5 Å². The third kappa shape index (κ3) is 4.02. The summed E-state index contributed by atoms with van der Waals surface area (Å²) in [6, 6.07) is 3.72. The topological polar surface area (TPSA) is 72.2 Å². The molecule has 0 aromatic heterocycles. The smallest absolute Gasteiger partial charge is 0.240 e. The Morgan fingerprint density at radius 1 is 1.29 bits per heavy atom. The summed E-state index contributed by atoms with van der Waals surface area (Å²) in [5.74, 6) is 0.247. The number of nitrogens with one attached hydrogen (secondary N) is 1. The summed E-state index contributed by atoms with van der Waals surface area (Å²) in [6.07, 6.45) is 4.37. The first-order valence-corrected chi connectivity index (χ1v) is 8.88. The van der Waals surface area contributed by atoms with Gasteiger partial charge < -0.3 is 5.73 Å². The Morgan fingerprint density at radius 3 is 2.57 bits per heavy atom. The molecule has 1 fully saturated rings. The molecule has 0 amide bonds. The lowest BCUT2D eigenvalue weighted by Crippen LogP contribution is -2.37. The molecule has 118 valence electrons. The number of hydrogen-bond acceptors (Lipinski definition) is 3. The molecule has 0 bridgehead atoms. The first-order chi connectivity index (χ1) is 9.94. The zero-order chi connectivity index (χ0) is 15.5. The maximum Gasteiger partial charge on any atom is 0.240 e. The fourth-order valence-corrected chi connectivity index (χ4v) is 4.39. The first kappa shape index (κ1) is 16.4. The van der Waals surface area contributed by atoms with Crippen molar-refractivity contribution in [2.45, 2.75) is 37.5 Å². The minimum atomic E-state index is -3.60. The van der Waals surface area contributed by atoms with E-state index in [-0.39, 0.29) is 4.90 Å². The van der Waals surface area contributed by atoms with E-state index in [1.807, 2.05) is 0 Å². The summed E-state index contributed by atoms with van der Waals surface area (Å²) >= 11 is 0. The molecule has 1 aliphatic rings. The molecule has 0 radical (unpaired) electrons. The molecule has 1 aliphatic carbocycles. The number of hydrogen-bond donors (Lipinski definition) is 2. The Hall–Kier alpha value is -0.980. The standard InChI is InChI=1S/C15H23FN2O2S/c1-11-8-14(16)6-7-15(11)21(19,20)18-10-13-5-3-2-4-12(13)9-17/h6-8,12-13,18H,2-5,9-10,17H2,1H3. The fraction of sp³-hybridized carbons (Fsp3) is 0.600. The van der Waals surface area contributed by atoms with Crippen molar-refractivity contribution in [3.63, 3.8) is 0 Å². The number of nitrogens with two attached hydrogens (primary N) is 1. The molecule has 21 heavy (non-hydrogen) atoms. The molecule has 2 rings (SSSR count). The van der Waals surface area contributed by atoms with Crippen molar-refractivity contribution in [2.24, 2.45) is 17.6 Å². The second kappa shape index (κ2) is 6.85. The maximum atomic E-state index is 13.1. The third-order valence-electron chi connectivity index (χ3n) is 4.33. The molecule has 1 aromatic rings. The van der Waals surface area contributed by atoms with Gasteiger partial charge in [0.15, 0.2) is 0 Å². The lowest BCUT2D eigenvalue weighted by molar-refractivity contribution is 0.244. The molecular formula is C15H23FN2O2S. The van der Waals surface area contributed by atoms with Gasteiger partial charge in [0.05, 0.1) is 4.90 Å². The van der Waals surface area contributed by atoms with Crippen LogP contribution < -0.4 is 10.5 Å². The van der Waals surface area contributed by atoms with E-state index in [2.05, 4.69) is 4.72 Å². The lowest BCUT2D eigenvalue weighted by Gasteiger charge is -2.30. The summed E-state index contributed by atoms with van der Waals surface area (Å²) in [4.78, 5) is 0.143. The van der Waals surface area contributed by atoms with Gasteiger partial charge in [0.25, 0.3) is 0 Å². The number of benzene rings is 1. The second-order valence-corrected chi connectivity index (χ2v) is 7.54. The average molecular weight is 314 g/mol. The van der Waals surface area contributed by atoms with Gasteiger partial charge in [-0.1, -0.05) is 12.8 Å². The number of halogens is 1. The van der Waals surface area contributed by atoms with E-state index < -0.39 is 15.8 Å². The van der Waals surface area contributed by atoms with Crippen LogP contribution in [-0.2, 0) is 10.0 Å². The molecular weight excluding hydrogens is 291 g/mol. The Morgan fingerprint density at radius 2 is 1.95 bits per heavy atom. The zero-order valence-electron chi connectivity index (χ0n) is 12.3. The Balaban J connectivity index is 2.07. The van der Waals surface area contributed by atoms with Crippen molar-refractivity contribution in [3.05, 3.63) is 29.6 Å². The lowest BCUT2D eigenvalue weighted by atomic mass is 9.79. The molecule has 1 aromatic carbocycles. The molecule has 6 heteroatoms. The monoisotopic (exact) mass is 314 g/mol. The molecule has 4 nitrogen and oxygen atoms in total. The minimum Gasteiger partial charge on any atom is -0.330 e. The Bertz CT molecular complexity index is 589. The molecule has 0 spiro atoms. The van der Waals surface area contributed by atoms with Crippen LogP contribution in [0.3, 0.4) is 0 Å². The SMILES string of the molecule is Cc1cc(F)ccc1S(=O)(=O)NCC1CCCCC1CN. The van der Waals surface area contributed by atoms with Crippen molar-refractivity contribution in [1.82, 2.24) is 4.72 Å². The van der Waals surface area contributed by atoms with Gasteiger partial charge in [0.1, 0.15) is 5.82 Å². The maximum absolute atomic E-state index is 13.1. The van der Waals surface area contributed by atoms with Crippen LogP contribution in [0.2, 0.25) is 0 Å². The van der Waals surface area contributed by atoms with Crippen LogP contribution in [0.15, 0.2) is 23.1 Å². The number of aryl methyl sites for hydroxylation is 1. The summed E-state index contributed by atoms with van der Waals surface area (Å²) in [6.45, 7) is 2.60. The molecule has 3 N–H and O–H groups in total. The molecule has 0 aliphatic heterocycles. The predicted molar refractivity (Wildman–Crippen MR) is 80.8 cm³/mol. The van der Waals surface area contributed by atoms with Crippen LogP contribution >= 0.6 is 0 Å². The van der Waals surface area contributed by atoms with Crippen LogP contribution in [0.25, 0.3) is 0 Å². The highest BCUT2D eigenvalue weighted by molar-refractivity contribution is 7.89. The van der Waals surface area contributed by atoms with Gasteiger partial charge >= 0.3 is 0 Å². The van der Waals surface area contributed by atoms with Crippen molar-refractivity contribution in [2.75, 3.05) is 13.1 Å². The van der Waals surface area contributed by atoms with Gasteiger partial charge in [-0.25, -0.2) is 17.5 Å². The fourth-order valence-electron chi connectivity index (χ4n) is 3.07. The van der Waals surface area contributed by atoms with Crippen LogP contribution in [0.5, 0.6) is 0 Å². The Kier molecular flexibility index (Phi) is 5.35. The normalized spacial score (nSPS) is 23.2. The van der Waals surface area contributed by atoms with Gasteiger partial charge in [-0.3, -0.25) is 0 Å². The van der Waals surface area contributed by atoms with E-state index in [1.54, 1.807) is 6.92 Å². The predicted octanol–water partition coefficient (Wildman–Crippen LogP) is 2.18. The van der Waals surface area contributed by atoms with E-state index in [4.69, 9.17) is 5.73 Å². The average Bonchev–Trinajstić information content (AvgIpc) is 2.45. The van der Waals surface area contributed by atoms with Gasteiger partial charge in [0.2, 0.25) is 10.0 Å². The van der Waals surface area contributed by atoms with Crippen molar-refractivity contribution >= 4 is 10.0 Å². The quantitative estimate of drug-likeness (QED) is 0.875. The highest BCUT2D eigenvalue weighted by Crippen LogP contribution is 2.29. The Labute approximate surface area is 126 Å². The van der Waals surface area contributed by atoms with Crippen LogP contribution in [0, 0.1) is 24.6 Å². The molecule has 2 atom stereocenters. The largest absolute Gasteiger partial charge is 0.330 e. The van der Waals surface area contributed by atoms with Crippen molar-refractivity contribution < 1.29 is 12.8 Å². The molecule has 0 saturated heterocycles. The third-order valence-corrected chi connectivity index (χ3v) is 5.92. The van der Waals surface area contributed by atoms with E-state index >= 15 is 0 Å².